The highest BCUT2D eigenvalue weighted by Gasteiger charge is 2.41. The second kappa shape index (κ2) is 9.83. The molecule has 3 heterocycles. The minimum absolute atomic E-state index is 0.181. The Labute approximate surface area is 196 Å². The molecule has 1 aliphatic rings. The predicted molar refractivity (Wildman–Crippen MR) is 126 cm³/mol. The van der Waals surface area contributed by atoms with E-state index in [1.807, 2.05) is 41.1 Å². The fraction of sp³-hybridized carbons (Fsp3) is 0.250. The third-order valence-corrected chi connectivity index (χ3v) is 6.03. The average Bonchev–Trinajstić information content (AvgIpc) is 3.44. The van der Waals surface area contributed by atoms with Crippen LogP contribution in [0.1, 0.15) is 46.7 Å². The lowest BCUT2D eigenvalue weighted by molar-refractivity contribution is -0.140. The number of methoxy groups -OCH3 is 1. The topological polar surface area (TPSA) is 96.7 Å². The van der Waals surface area contributed by atoms with Gasteiger partial charge in [-0.2, -0.15) is 0 Å². The molecule has 33 heavy (non-hydrogen) atoms. The Bertz CT molecular complexity index is 1150. The van der Waals surface area contributed by atoms with Crippen LogP contribution in [0.15, 0.2) is 67.0 Å². The number of pyridine rings is 1. The Morgan fingerprint density at radius 3 is 2.61 bits per heavy atom. The summed E-state index contributed by atoms with van der Waals surface area (Å²) in [6, 6.07) is 16.1. The van der Waals surface area contributed by atoms with E-state index in [1.54, 1.807) is 30.5 Å². The molecule has 0 aliphatic carbocycles. The van der Waals surface area contributed by atoms with Crippen molar-refractivity contribution in [1.82, 2.24) is 19.8 Å². The number of carboxylic acids is 1. The molecule has 1 aromatic carbocycles. The number of hydrogen-bond acceptors (Lipinski definition) is 5. The van der Waals surface area contributed by atoms with Crippen LogP contribution in [0.4, 0.5) is 0 Å². The summed E-state index contributed by atoms with van der Waals surface area (Å²) in [7, 11) is 1.38. The molecule has 2 atom stereocenters. The van der Waals surface area contributed by atoms with Crippen molar-refractivity contribution in [2.45, 2.75) is 24.9 Å². The lowest BCUT2D eigenvalue weighted by atomic mass is 10.0. The van der Waals surface area contributed by atoms with Crippen molar-refractivity contribution in [3.63, 3.8) is 0 Å². The Morgan fingerprint density at radius 2 is 1.94 bits per heavy atom. The van der Waals surface area contributed by atoms with Crippen molar-refractivity contribution >= 4 is 29.3 Å². The zero-order valence-electron chi connectivity index (χ0n) is 18.0. The van der Waals surface area contributed by atoms with E-state index in [4.69, 9.17) is 17.0 Å². The van der Waals surface area contributed by atoms with Gasteiger partial charge < -0.3 is 24.6 Å². The minimum atomic E-state index is -0.966. The fourth-order valence-electron chi connectivity index (χ4n) is 4.10. The Hall–Kier alpha value is -3.72. The van der Waals surface area contributed by atoms with Crippen LogP contribution in [0.5, 0.6) is 0 Å². The van der Waals surface area contributed by atoms with Crippen LogP contribution in [-0.2, 0) is 9.53 Å². The molecule has 0 radical (unpaired) electrons. The molecule has 1 saturated heterocycles. The third-order valence-electron chi connectivity index (χ3n) is 5.68. The summed E-state index contributed by atoms with van der Waals surface area (Å²) in [6.45, 7) is 0.568. The number of esters is 1. The number of thiocarbonyl (C=S) groups is 1. The molecule has 2 aromatic heterocycles. The molecule has 1 fully saturated rings. The first-order valence-corrected chi connectivity index (χ1v) is 11.0. The number of aromatic carboxylic acids is 1. The molecule has 2 N–H and O–H groups in total. The first kappa shape index (κ1) is 22.5. The maximum atomic E-state index is 11.6. The first-order valence-electron chi connectivity index (χ1n) is 10.6. The SMILES string of the molecule is COC(=O)CCCN1C(=S)N[C@H](c2ccccn2)[C@H]1c1cccn1-c1ccc(C(=O)O)cc1. The van der Waals surface area contributed by atoms with Crippen molar-refractivity contribution in [3.8, 4) is 5.69 Å². The number of carbonyl (C=O) groups excluding carboxylic acids is 1. The molecule has 0 bridgehead atoms. The molecule has 4 rings (SSSR count). The molecular weight excluding hydrogens is 440 g/mol. The number of nitrogens with zero attached hydrogens (tertiary/aromatic N) is 3. The highest BCUT2D eigenvalue weighted by molar-refractivity contribution is 7.80. The molecule has 3 aromatic rings. The van der Waals surface area contributed by atoms with E-state index in [-0.39, 0.29) is 23.6 Å². The summed E-state index contributed by atoms with van der Waals surface area (Å²) in [6.07, 6.45) is 4.58. The predicted octanol–water partition coefficient (Wildman–Crippen LogP) is 3.50. The number of rotatable bonds is 8. The van der Waals surface area contributed by atoms with Crippen LogP contribution in [0.25, 0.3) is 5.69 Å². The van der Waals surface area contributed by atoms with Crippen molar-refractivity contribution in [3.05, 3.63) is 83.9 Å². The second-order valence-electron chi connectivity index (χ2n) is 7.65. The molecule has 170 valence electrons. The van der Waals surface area contributed by atoms with E-state index >= 15 is 0 Å². The zero-order valence-corrected chi connectivity index (χ0v) is 18.9. The largest absolute Gasteiger partial charge is 0.478 e. The Morgan fingerprint density at radius 1 is 1.15 bits per heavy atom. The van der Waals surface area contributed by atoms with Gasteiger partial charge in [-0.3, -0.25) is 9.78 Å². The van der Waals surface area contributed by atoms with Gasteiger partial charge in [0.1, 0.15) is 0 Å². The van der Waals surface area contributed by atoms with Gasteiger partial charge in [0.15, 0.2) is 5.11 Å². The van der Waals surface area contributed by atoms with Gasteiger partial charge in [-0.15, -0.1) is 0 Å². The minimum Gasteiger partial charge on any atom is -0.478 e. The van der Waals surface area contributed by atoms with Gasteiger partial charge in [0.25, 0.3) is 0 Å². The van der Waals surface area contributed by atoms with E-state index in [0.717, 1.165) is 17.1 Å². The number of nitrogens with one attached hydrogen (secondary N) is 1. The summed E-state index contributed by atoms with van der Waals surface area (Å²) < 4.78 is 6.80. The van der Waals surface area contributed by atoms with E-state index in [0.29, 0.717) is 24.5 Å². The lowest BCUT2D eigenvalue weighted by Gasteiger charge is -2.29. The molecule has 0 saturated carbocycles. The highest BCUT2D eigenvalue weighted by Crippen LogP contribution is 2.39. The number of hydrogen-bond donors (Lipinski definition) is 2. The second-order valence-corrected chi connectivity index (χ2v) is 8.04. The summed E-state index contributed by atoms with van der Waals surface area (Å²) in [5, 5.41) is 13.2. The van der Waals surface area contributed by atoms with Crippen molar-refractivity contribution in [2.75, 3.05) is 13.7 Å². The Balaban J connectivity index is 1.70. The van der Waals surface area contributed by atoms with E-state index in [2.05, 4.69) is 15.2 Å². The van der Waals surface area contributed by atoms with E-state index in [9.17, 15) is 14.7 Å². The van der Waals surface area contributed by atoms with Crippen LogP contribution >= 0.6 is 12.2 Å². The van der Waals surface area contributed by atoms with Gasteiger partial charge in [-0.25, -0.2) is 4.79 Å². The van der Waals surface area contributed by atoms with Crippen molar-refractivity contribution in [2.24, 2.45) is 0 Å². The molecule has 1 aliphatic heterocycles. The van der Waals surface area contributed by atoms with Gasteiger partial charge in [-0.05, 0) is 67.2 Å². The van der Waals surface area contributed by atoms with Gasteiger partial charge in [0.2, 0.25) is 0 Å². The van der Waals surface area contributed by atoms with E-state index < -0.39 is 5.97 Å². The maximum Gasteiger partial charge on any atom is 0.335 e. The normalized spacial score (nSPS) is 17.6. The summed E-state index contributed by atoms with van der Waals surface area (Å²) >= 11 is 5.68. The monoisotopic (exact) mass is 464 g/mol. The standard InChI is InChI=1S/C24H24N4O4S/c1-32-20(29)8-5-15-28-22(21(26-24(28)33)18-6-2-3-13-25-18)19-7-4-14-27(19)17-11-9-16(10-12-17)23(30)31/h2-4,6-7,9-14,21-22H,5,8,15H2,1H3,(H,26,33)(H,30,31)/t21-,22-/m1/s1. The number of benzene rings is 1. The van der Waals surface area contributed by atoms with Gasteiger partial charge in [0.05, 0.1) is 30.5 Å². The van der Waals surface area contributed by atoms with Crippen LogP contribution in [0.3, 0.4) is 0 Å². The van der Waals surface area contributed by atoms with Gasteiger partial charge >= 0.3 is 11.9 Å². The Kier molecular flexibility index (Phi) is 6.69. The summed E-state index contributed by atoms with van der Waals surface area (Å²) in [5.74, 6) is -1.22. The average molecular weight is 465 g/mol. The van der Waals surface area contributed by atoms with Crippen molar-refractivity contribution < 1.29 is 19.4 Å². The number of carbonyl (C=O) groups is 2. The van der Waals surface area contributed by atoms with Gasteiger partial charge in [0, 0.05) is 36.7 Å². The molecule has 0 spiro atoms. The zero-order chi connectivity index (χ0) is 23.4. The van der Waals surface area contributed by atoms with E-state index in [1.165, 1.54) is 7.11 Å². The lowest BCUT2D eigenvalue weighted by Crippen LogP contribution is -2.31. The number of ether oxygens (including phenoxy) is 1. The molecule has 0 unspecified atom stereocenters. The summed E-state index contributed by atoms with van der Waals surface area (Å²) in [5.41, 5.74) is 2.90. The summed E-state index contributed by atoms with van der Waals surface area (Å²) in [4.78, 5) is 29.5. The first-order chi connectivity index (χ1) is 16.0. The quantitative estimate of drug-likeness (QED) is 0.386. The van der Waals surface area contributed by atoms with Crippen LogP contribution in [0.2, 0.25) is 0 Å². The fourth-order valence-corrected chi connectivity index (χ4v) is 4.43. The maximum absolute atomic E-state index is 11.6. The number of carboxylic acid groups (broad SMARTS) is 1. The van der Waals surface area contributed by atoms with Gasteiger partial charge in [-0.1, -0.05) is 6.07 Å². The highest BCUT2D eigenvalue weighted by atomic mass is 32.1. The van der Waals surface area contributed by atoms with Crippen molar-refractivity contribution in [1.29, 1.82) is 0 Å². The smallest absolute Gasteiger partial charge is 0.335 e. The van der Waals surface area contributed by atoms with Crippen LogP contribution < -0.4 is 5.32 Å². The molecule has 9 heteroatoms. The number of aromatic nitrogens is 2. The molecule has 0 amide bonds. The third kappa shape index (κ3) is 4.73. The van der Waals surface area contributed by atoms with Crippen LogP contribution in [0, 0.1) is 0 Å². The van der Waals surface area contributed by atoms with Crippen LogP contribution in [-0.4, -0.2) is 50.3 Å². The molecule has 8 nitrogen and oxygen atoms in total. The molecular formula is C24H24N4O4S.